The van der Waals surface area contributed by atoms with Crippen LogP contribution in [0.1, 0.15) is 28.9 Å². The quantitative estimate of drug-likeness (QED) is 0.910. The summed E-state index contributed by atoms with van der Waals surface area (Å²) in [5.74, 6) is -0.743. The second-order valence-corrected chi connectivity index (χ2v) is 5.15. The molecule has 0 saturated heterocycles. The Morgan fingerprint density at radius 1 is 1.19 bits per heavy atom. The maximum absolute atomic E-state index is 12.9. The van der Waals surface area contributed by atoms with Crippen LogP contribution >= 0.6 is 11.6 Å². The van der Waals surface area contributed by atoms with Crippen LogP contribution in [0.4, 0.5) is 4.39 Å². The van der Waals surface area contributed by atoms with E-state index in [1.165, 1.54) is 24.3 Å². The highest BCUT2D eigenvalue weighted by Gasteiger charge is 2.20. The van der Waals surface area contributed by atoms with Crippen LogP contribution in [0, 0.1) is 5.82 Å². The predicted octanol–water partition coefficient (Wildman–Crippen LogP) is 3.33. The van der Waals surface area contributed by atoms with Gasteiger partial charge in [0.15, 0.2) is 0 Å². The molecule has 0 spiro atoms. The van der Waals surface area contributed by atoms with E-state index in [0.29, 0.717) is 16.1 Å². The van der Waals surface area contributed by atoms with Gasteiger partial charge in [0.05, 0.1) is 22.7 Å². The highest BCUT2D eigenvalue weighted by molar-refractivity contribution is 6.33. The van der Waals surface area contributed by atoms with Crippen molar-refractivity contribution in [3.8, 4) is 0 Å². The van der Waals surface area contributed by atoms with E-state index in [4.69, 9.17) is 11.6 Å². The molecular formula is C16H15ClFNO2. The van der Waals surface area contributed by atoms with Gasteiger partial charge in [-0.2, -0.15) is 0 Å². The van der Waals surface area contributed by atoms with Gasteiger partial charge in [-0.3, -0.25) is 4.79 Å². The summed E-state index contributed by atoms with van der Waals surface area (Å²) in [5.41, 5.74) is 0.876. The molecule has 0 bridgehead atoms. The van der Waals surface area contributed by atoms with Crippen molar-refractivity contribution in [2.24, 2.45) is 0 Å². The maximum atomic E-state index is 12.9. The molecule has 0 aromatic heterocycles. The number of nitrogens with one attached hydrogen (secondary N) is 1. The van der Waals surface area contributed by atoms with Crippen molar-refractivity contribution in [1.82, 2.24) is 5.32 Å². The predicted molar refractivity (Wildman–Crippen MR) is 79.7 cm³/mol. The minimum absolute atomic E-state index is 0.345. The first-order chi connectivity index (χ1) is 9.99. The van der Waals surface area contributed by atoms with E-state index in [-0.39, 0.29) is 11.7 Å². The van der Waals surface area contributed by atoms with Crippen LogP contribution in [-0.2, 0) is 0 Å². The van der Waals surface area contributed by atoms with Gasteiger partial charge in [-0.1, -0.05) is 35.9 Å². The zero-order chi connectivity index (χ0) is 15.4. The zero-order valence-electron chi connectivity index (χ0n) is 11.4. The van der Waals surface area contributed by atoms with Crippen molar-refractivity contribution < 1.29 is 14.3 Å². The number of amides is 1. The molecule has 0 aliphatic heterocycles. The zero-order valence-corrected chi connectivity index (χ0v) is 12.1. The molecule has 0 heterocycles. The average molecular weight is 308 g/mol. The third-order valence-corrected chi connectivity index (χ3v) is 3.49. The van der Waals surface area contributed by atoms with Crippen molar-refractivity contribution in [1.29, 1.82) is 0 Å². The Kier molecular flexibility index (Phi) is 4.94. The lowest BCUT2D eigenvalue weighted by molar-refractivity contribution is 0.0852. The monoisotopic (exact) mass is 307 g/mol. The van der Waals surface area contributed by atoms with Crippen molar-refractivity contribution in [3.63, 3.8) is 0 Å². The number of hydrogen-bond acceptors (Lipinski definition) is 2. The SMILES string of the molecule is CC(NC(=O)c1ccccc1Cl)C(O)c1ccc(F)cc1. The first-order valence-corrected chi connectivity index (χ1v) is 6.86. The van der Waals surface area contributed by atoms with E-state index in [0.717, 1.165) is 0 Å². The molecule has 21 heavy (non-hydrogen) atoms. The Balaban J connectivity index is 2.07. The van der Waals surface area contributed by atoms with Crippen LogP contribution in [0.25, 0.3) is 0 Å². The lowest BCUT2D eigenvalue weighted by Crippen LogP contribution is -2.37. The Morgan fingerprint density at radius 2 is 1.81 bits per heavy atom. The van der Waals surface area contributed by atoms with Gasteiger partial charge in [0.2, 0.25) is 0 Å². The molecule has 3 nitrogen and oxygen atoms in total. The molecule has 0 aliphatic rings. The molecule has 0 radical (unpaired) electrons. The fourth-order valence-electron chi connectivity index (χ4n) is 1.96. The summed E-state index contributed by atoms with van der Waals surface area (Å²) in [4.78, 5) is 12.1. The summed E-state index contributed by atoms with van der Waals surface area (Å²) in [5, 5.41) is 13.2. The van der Waals surface area contributed by atoms with Crippen LogP contribution in [0.5, 0.6) is 0 Å². The Hall–Kier alpha value is -1.91. The van der Waals surface area contributed by atoms with Crippen molar-refractivity contribution in [2.75, 3.05) is 0 Å². The summed E-state index contributed by atoms with van der Waals surface area (Å²) >= 11 is 5.95. The molecule has 5 heteroatoms. The van der Waals surface area contributed by atoms with Crippen molar-refractivity contribution in [2.45, 2.75) is 19.1 Å². The number of rotatable bonds is 4. The van der Waals surface area contributed by atoms with E-state index in [9.17, 15) is 14.3 Å². The Bertz CT molecular complexity index is 630. The van der Waals surface area contributed by atoms with Crippen LogP contribution in [0.2, 0.25) is 5.02 Å². The molecule has 2 aromatic carbocycles. The van der Waals surface area contributed by atoms with Crippen LogP contribution < -0.4 is 5.32 Å². The van der Waals surface area contributed by atoms with E-state index in [1.807, 2.05) is 0 Å². The van der Waals surface area contributed by atoms with E-state index in [2.05, 4.69) is 5.32 Å². The first kappa shape index (κ1) is 15.5. The molecule has 0 fully saturated rings. The average Bonchev–Trinajstić information content (AvgIpc) is 2.47. The number of hydrogen-bond donors (Lipinski definition) is 2. The molecule has 2 N–H and O–H groups in total. The number of halogens is 2. The first-order valence-electron chi connectivity index (χ1n) is 6.48. The summed E-state index contributed by atoms with van der Waals surface area (Å²) in [7, 11) is 0. The Morgan fingerprint density at radius 3 is 2.43 bits per heavy atom. The molecular weight excluding hydrogens is 293 g/mol. The standard InChI is InChI=1S/C16H15ClFNO2/c1-10(15(20)11-6-8-12(18)9-7-11)19-16(21)13-4-2-3-5-14(13)17/h2-10,15,20H,1H3,(H,19,21). The van der Waals surface area contributed by atoms with E-state index >= 15 is 0 Å². The van der Waals surface area contributed by atoms with E-state index in [1.54, 1.807) is 31.2 Å². The molecule has 2 aromatic rings. The van der Waals surface area contributed by atoms with Gasteiger partial charge in [0, 0.05) is 0 Å². The third kappa shape index (κ3) is 3.80. The molecule has 2 unspecified atom stereocenters. The highest BCUT2D eigenvalue weighted by atomic mass is 35.5. The highest BCUT2D eigenvalue weighted by Crippen LogP contribution is 2.19. The second-order valence-electron chi connectivity index (χ2n) is 4.74. The van der Waals surface area contributed by atoms with Gasteiger partial charge in [-0.05, 0) is 36.8 Å². The third-order valence-electron chi connectivity index (χ3n) is 3.16. The maximum Gasteiger partial charge on any atom is 0.253 e. The second kappa shape index (κ2) is 6.70. The fourth-order valence-corrected chi connectivity index (χ4v) is 2.18. The molecule has 1 amide bonds. The minimum atomic E-state index is -0.933. The molecule has 0 saturated carbocycles. The van der Waals surface area contributed by atoms with Gasteiger partial charge < -0.3 is 10.4 Å². The molecule has 0 aliphatic carbocycles. The molecule has 2 atom stereocenters. The van der Waals surface area contributed by atoms with Gasteiger partial charge >= 0.3 is 0 Å². The number of benzene rings is 2. The lowest BCUT2D eigenvalue weighted by Gasteiger charge is -2.21. The largest absolute Gasteiger partial charge is 0.386 e. The van der Waals surface area contributed by atoms with Crippen LogP contribution in [-0.4, -0.2) is 17.1 Å². The summed E-state index contributed by atoms with van der Waals surface area (Å²) in [6, 6.07) is 11.6. The van der Waals surface area contributed by atoms with Gasteiger partial charge in [0.25, 0.3) is 5.91 Å². The normalized spacial score (nSPS) is 13.5. The van der Waals surface area contributed by atoms with Gasteiger partial charge in [-0.25, -0.2) is 4.39 Å². The van der Waals surface area contributed by atoms with Gasteiger partial charge in [0.1, 0.15) is 5.82 Å². The summed E-state index contributed by atoms with van der Waals surface area (Å²) in [6.07, 6.45) is -0.933. The molecule has 110 valence electrons. The summed E-state index contributed by atoms with van der Waals surface area (Å²) < 4.78 is 12.9. The van der Waals surface area contributed by atoms with Crippen molar-refractivity contribution >= 4 is 17.5 Å². The topological polar surface area (TPSA) is 49.3 Å². The number of aliphatic hydroxyl groups is 1. The van der Waals surface area contributed by atoms with Crippen LogP contribution in [0.15, 0.2) is 48.5 Å². The lowest BCUT2D eigenvalue weighted by atomic mass is 10.0. The Labute approximate surface area is 127 Å². The smallest absolute Gasteiger partial charge is 0.253 e. The molecule has 2 rings (SSSR count). The summed E-state index contributed by atoms with van der Waals surface area (Å²) in [6.45, 7) is 1.67. The van der Waals surface area contributed by atoms with Gasteiger partial charge in [-0.15, -0.1) is 0 Å². The van der Waals surface area contributed by atoms with Crippen LogP contribution in [0.3, 0.4) is 0 Å². The number of carbonyl (C=O) groups is 1. The minimum Gasteiger partial charge on any atom is -0.386 e. The number of carbonyl (C=O) groups excluding carboxylic acids is 1. The van der Waals surface area contributed by atoms with Crippen molar-refractivity contribution in [3.05, 3.63) is 70.5 Å². The number of aliphatic hydroxyl groups excluding tert-OH is 1. The van der Waals surface area contributed by atoms with E-state index < -0.39 is 12.1 Å². The fraction of sp³-hybridized carbons (Fsp3) is 0.188.